The Morgan fingerprint density at radius 2 is 1.85 bits per heavy atom. The van der Waals surface area contributed by atoms with Crippen LogP contribution in [0.1, 0.15) is 62.2 Å². The highest BCUT2D eigenvalue weighted by molar-refractivity contribution is 5.76. The zero-order valence-electron chi connectivity index (χ0n) is 20.3. The van der Waals surface area contributed by atoms with E-state index < -0.39 is 11.7 Å². The van der Waals surface area contributed by atoms with E-state index in [1.165, 1.54) is 16.7 Å². The van der Waals surface area contributed by atoms with Gasteiger partial charge in [-0.1, -0.05) is 35.9 Å². The maximum Gasteiger partial charge on any atom is 0.410 e. The van der Waals surface area contributed by atoms with Crippen LogP contribution in [0.4, 0.5) is 4.79 Å². The molecule has 0 saturated carbocycles. The molecule has 1 aliphatic heterocycles. The number of amides is 1. The molecule has 2 heterocycles. The number of para-hydroxylation sites is 2. The van der Waals surface area contributed by atoms with Gasteiger partial charge in [0.1, 0.15) is 17.5 Å². The van der Waals surface area contributed by atoms with Crippen molar-refractivity contribution in [2.24, 2.45) is 5.92 Å². The lowest BCUT2D eigenvalue weighted by Crippen LogP contribution is -2.42. The van der Waals surface area contributed by atoms with E-state index >= 15 is 0 Å². The Labute approximate surface area is 196 Å². The van der Waals surface area contributed by atoms with Crippen LogP contribution in [0.5, 0.6) is 0 Å². The molecule has 1 amide bonds. The summed E-state index contributed by atoms with van der Waals surface area (Å²) in [4.78, 5) is 19.0. The fourth-order valence-corrected chi connectivity index (χ4v) is 4.56. The molecule has 6 nitrogen and oxygen atoms in total. The minimum absolute atomic E-state index is 0.0397. The Morgan fingerprint density at radius 3 is 2.55 bits per heavy atom. The molecule has 0 aliphatic carbocycles. The number of carbonyl (C=O) groups excluding carboxylic acids is 1. The highest BCUT2D eigenvalue weighted by Gasteiger charge is 2.33. The number of likely N-dealkylation sites (tertiary alicyclic amines) is 1. The Hall–Kier alpha value is -2.86. The SMILES string of the molecule is Cc1ccc(C)c(Cn2c(C(O)C3CCN(C(=O)OC(C)(C)C)CC3)nc3ccccc32)c1. The third kappa shape index (κ3) is 5.22. The highest BCUT2D eigenvalue weighted by atomic mass is 16.6. The van der Waals surface area contributed by atoms with Crippen molar-refractivity contribution in [3.8, 4) is 0 Å². The van der Waals surface area contributed by atoms with Crippen LogP contribution in [0.3, 0.4) is 0 Å². The van der Waals surface area contributed by atoms with Gasteiger partial charge < -0.3 is 19.3 Å². The number of piperidine rings is 1. The largest absolute Gasteiger partial charge is 0.444 e. The molecular formula is C27H35N3O3. The summed E-state index contributed by atoms with van der Waals surface area (Å²) in [5.74, 6) is 0.741. The van der Waals surface area contributed by atoms with Gasteiger partial charge in [-0.2, -0.15) is 0 Å². The number of aliphatic hydroxyl groups excluding tert-OH is 1. The van der Waals surface area contributed by atoms with Crippen LogP contribution in [0.15, 0.2) is 42.5 Å². The van der Waals surface area contributed by atoms with Gasteiger partial charge in [-0.15, -0.1) is 0 Å². The summed E-state index contributed by atoms with van der Waals surface area (Å²) >= 11 is 0. The van der Waals surface area contributed by atoms with Gasteiger partial charge in [0, 0.05) is 19.6 Å². The number of fused-ring (bicyclic) bond motifs is 1. The van der Waals surface area contributed by atoms with Crippen LogP contribution in [0.2, 0.25) is 0 Å². The predicted molar refractivity (Wildman–Crippen MR) is 130 cm³/mol. The van der Waals surface area contributed by atoms with Crippen LogP contribution in [-0.2, 0) is 11.3 Å². The summed E-state index contributed by atoms with van der Waals surface area (Å²) in [6.45, 7) is 11.7. The van der Waals surface area contributed by atoms with E-state index in [4.69, 9.17) is 9.72 Å². The van der Waals surface area contributed by atoms with Crippen molar-refractivity contribution in [2.45, 2.75) is 65.7 Å². The molecule has 2 aromatic carbocycles. The first kappa shape index (κ1) is 23.3. The van der Waals surface area contributed by atoms with Crippen molar-refractivity contribution in [3.05, 3.63) is 65.0 Å². The zero-order chi connectivity index (χ0) is 23.8. The quantitative estimate of drug-likeness (QED) is 0.580. The first-order valence-corrected chi connectivity index (χ1v) is 11.8. The van der Waals surface area contributed by atoms with Crippen LogP contribution >= 0.6 is 0 Å². The summed E-state index contributed by atoms with van der Waals surface area (Å²) in [5.41, 5.74) is 5.08. The van der Waals surface area contributed by atoms with E-state index in [2.05, 4.69) is 42.7 Å². The minimum atomic E-state index is -0.691. The standard InChI is InChI=1S/C27H35N3O3/c1-18-10-11-19(2)21(16-18)17-30-23-9-7-6-8-22(23)28-25(30)24(31)20-12-14-29(15-13-20)26(32)33-27(3,4)5/h6-11,16,20,24,31H,12-15,17H2,1-5H3. The second kappa shape index (κ2) is 9.18. The molecule has 1 saturated heterocycles. The van der Waals surface area contributed by atoms with Gasteiger partial charge in [0.25, 0.3) is 0 Å². The molecule has 33 heavy (non-hydrogen) atoms. The second-order valence-electron chi connectivity index (χ2n) is 10.2. The highest BCUT2D eigenvalue weighted by Crippen LogP contribution is 2.33. The second-order valence-corrected chi connectivity index (χ2v) is 10.2. The van der Waals surface area contributed by atoms with Gasteiger partial charge >= 0.3 is 6.09 Å². The molecule has 1 fully saturated rings. The molecule has 0 radical (unpaired) electrons. The molecule has 176 valence electrons. The first-order valence-electron chi connectivity index (χ1n) is 11.8. The van der Waals surface area contributed by atoms with Crippen LogP contribution in [0, 0.1) is 19.8 Å². The third-order valence-corrected chi connectivity index (χ3v) is 6.42. The molecule has 0 bridgehead atoms. The average Bonchev–Trinajstić information content (AvgIpc) is 3.13. The number of hydrogen-bond acceptors (Lipinski definition) is 4. The zero-order valence-corrected chi connectivity index (χ0v) is 20.3. The Kier molecular flexibility index (Phi) is 6.48. The molecule has 1 atom stereocenters. The van der Waals surface area contributed by atoms with Crippen molar-refractivity contribution < 1.29 is 14.6 Å². The molecule has 1 aromatic heterocycles. The molecular weight excluding hydrogens is 414 g/mol. The van der Waals surface area contributed by atoms with Gasteiger partial charge in [-0.25, -0.2) is 9.78 Å². The van der Waals surface area contributed by atoms with E-state index in [1.807, 2.05) is 39.0 Å². The molecule has 1 aliphatic rings. The van der Waals surface area contributed by atoms with Crippen LogP contribution < -0.4 is 0 Å². The van der Waals surface area contributed by atoms with Crippen LogP contribution in [0.25, 0.3) is 11.0 Å². The van der Waals surface area contributed by atoms with E-state index in [0.717, 1.165) is 11.0 Å². The number of carbonyl (C=O) groups is 1. The van der Waals surface area contributed by atoms with E-state index in [-0.39, 0.29) is 12.0 Å². The number of benzene rings is 2. The van der Waals surface area contributed by atoms with Crippen molar-refractivity contribution >= 4 is 17.1 Å². The topological polar surface area (TPSA) is 67.6 Å². The molecule has 6 heteroatoms. The van der Waals surface area contributed by atoms with Crippen molar-refractivity contribution in [3.63, 3.8) is 0 Å². The normalized spacial score (nSPS) is 16.2. The lowest BCUT2D eigenvalue weighted by Gasteiger charge is -2.35. The molecule has 4 rings (SSSR count). The summed E-state index contributed by atoms with van der Waals surface area (Å²) in [7, 11) is 0. The average molecular weight is 450 g/mol. The Balaban J connectivity index is 1.56. The molecule has 0 spiro atoms. The lowest BCUT2D eigenvalue weighted by atomic mass is 9.91. The smallest absolute Gasteiger partial charge is 0.410 e. The monoisotopic (exact) mass is 449 g/mol. The number of ether oxygens (including phenoxy) is 1. The fraction of sp³-hybridized carbons (Fsp3) is 0.481. The number of nitrogens with zero attached hydrogens (tertiary/aromatic N) is 3. The van der Waals surface area contributed by atoms with Crippen LogP contribution in [-0.4, -0.2) is 44.3 Å². The van der Waals surface area contributed by atoms with Crippen molar-refractivity contribution in [1.82, 2.24) is 14.5 Å². The van der Waals surface area contributed by atoms with Gasteiger partial charge in [-0.3, -0.25) is 0 Å². The third-order valence-electron chi connectivity index (χ3n) is 6.42. The van der Waals surface area contributed by atoms with Gasteiger partial charge in [-0.05, 0) is 76.6 Å². The number of hydrogen-bond donors (Lipinski definition) is 1. The fourth-order valence-electron chi connectivity index (χ4n) is 4.56. The summed E-state index contributed by atoms with van der Waals surface area (Å²) in [6.07, 6.45) is 0.459. The Morgan fingerprint density at radius 1 is 1.15 bits per heavy atom. The number of imidazole rings is 1. The molecule has 3 aromatic rings. The summed E-state index contributed by atoms with van der Waals surface area (Å²) in [6, 6.07) is 14.5. The predicted octanol–water partition coefficient (Wildman–Crippen LogP) is 5.38. The molecule has 1 unspecified atom stereocenters. The number of aromatic nitrogens is 2. The summed E-state index contributed by atoms with van der Waals surface area (Å²) in [5, 5.41) is 11.4. The summed E-state index contributed by atoms with van der Waals surface area (Å²) < 4.78 is 7.67. The number of aryl methyl sites for hydroxylation is 2. The van der Waals surface area contributed by atoms with Gasteiger partial charge in [0.05, 0.1) is 11.0 Å². The van der Waals surface area contributed by atoms with E-state index in [0.29, 0.717) is 38.3 Å². The first-order chi connectivity index (χ1) is 15.6. The lowest BCUT2D eigenvalue weighted by molar-refractivity contribution is 0.00617. The van der Waals surface area contributed by atoms with E-state index in [9.17, 15) is 9.90 Å². The van der Waals surface area contributed by atoms with Crippen molar-refractivity contribution in [2.75, 3.05) is 13.1 Å². The Bertz CT molecular complexity index is 1140. The number of aliphatic hydroxyl groups is 1. The molecule has 1 N–H and O–H groups in total. The maximum atomic E-state index is 12.4. The number of rotatable bonds is 4. The van der Waals surface area contributed by atoms with E-state index in [1.54, 1.807) is 4.90 Å². The van der Waals surface area contributed by atoms with Crippen molar-refractivity contribution in [1.29, 1.82) is 0 Å². The van der Waals surface area contributed by atoms with Gasteiger partial charge in [0.15, 0.2) is 0 Å². The maximum absolute atomic E-state index is 12.4. The minimum Gasteiger partial charge on any atom is -0.444 e. The van der Waals surface area contributed by atoms with Gasteiger partial charge in [0.2, 0.25) is 0 Å².